The van der Waals surface area contributed by atoms with Crippen LogP contribution in [0.15, 0.2) is 96.1 Å². The molecular formula is C34H35ClN4O2. The number of nitrogens with one attached hydrogen (secondary N) is 1. The first kappa shape index (κ1) is 29.7. The number of amides is 1. The third-order valence-corrected chi connectivity index (χ3v) is 6.87. The van der Waals surface area contributed by atoms with Crippen molar-refractivity contribution in [3.8, 4) is 11.1 Å². The fraction of sp³-hybridized carbons (Fsp3) is 0.235. The Balaban J connectivity index is 0.000000585. The van der Waals surface area contributed by atoms with Crippen molar-refractivity contribution >= 4 is 41.0 Å². The van der Waals surface area contributed by atoms with E-state index in [4.69, 9.17) is 16.6 Å². The van der Waals surface area contributed by atoms with Crippen LogP contribution in [0.1, 0.15) is 37.5 Å². The van der Waals surface area contributed by atoms with Crippen molar-refractivity contribution in [3.63, 3.8) is 0 Å². The zero-order valence-corrected chi connectivity index (χ0v) is 24.8. The third-order valence-electron chi connectivity index (χ3n) is 6.64. The highest BCUT2D eigenvalue weighted by Gasteiger charge is 2.31. The number of anilines is 2. The average molecular weight is 567 g/mol. The van der Waals surface area contributed by atoms with Crippen molar-refractivity contribution in [2.24, 2.45) is 10.4 Å². The number of nitrogens with zero attached hydrogens (tertiary/aromatic N) is 3. The van der Waals surface area contributed by atoms with E-state index in [9.17, 15) is 9.59 Å². The molecule has 1 amide bonds. The molecule has 1 unspecified atom stereocenters. The van der Waals surface area contributed by atoms with Gasteiger partial charge in [-0.25, -0.2) is 4.98 Å². The number of benzene rings is 3. The molecule has 0 aliphatic carbocycles. The number of hydrogen-bond donors (Lipinski definition) is 1. The zero-order chi connectivity index (χ0) is 29.6. The summed E-state index contributed by atoms with van der Waals surface area (Å²) in [6.07, 6.45) is 3.19. The largest absolute Gasteiger partial charge is 0.373 e. The standard InChI is InChI=1S/C29H25ClN4O.C5H10O/c1-31-27-15-12-21(18-32-27)28-24-17-22(30)13-14-26(24)34(2)29(35)25(33-28)16-20-10-6-7-11-23(20)19-8-4-3-5-9-19;1-5(2,3)4-6/h3-15,17-18,25H,16H2,1-2H3,(H,31,32);4H,1-3H3. The van der Waals surface area contributed by atoms with Crippen LogP contribution in [0, 0.1) is 5.41 Å². The Hall–Kier alpha value is -4.29. The van der Waals surface area contributed by atoms with Gasteiger partial charge >= 0.3 is 0 Å². The molecule has 1 atom stereocenters. The summed E-state index contributed by atoms with van der Waals surface area (Å²) in [6.45, 7) is 5.62. The van der Waals surface area contributed by atoms with E-state index in [1.54, 1.807) is 24.2 Å². The number of carbonyl (C=O) groups excluding carboxylic acids is 2. The minimum absolute atomic E-state index is 0.0637. The van der Waals surface area contributed by atoms with E-state index >= 15 is 0 Å². The fourth-order valence-electron chi connectivity index (χ4n) is 4.46. The smallest absolute Gasteiger partial charge is 0.251 e. The molecule has 210 valence electrons. The van der Waals surface area contributed by atoms with Gasteiger partial charge in [-0.05, 0) is 47.0 Å². The maximum absolute atomic E-state index is 13.7. The van der Waals surface area contributed by atoms with Crippen molar-refractivity contribution in [1.82, 2.24) is 4.98 Å². The molecule has 1 aliphatic rings. The number of aromatic nitrogens is 1. The molecule has 6 nitrogen and oxygen atoms in total. The number of halogens is 1. The molecule has 1 aromatic heterocycles. The number of benzodiazepines with no additional fused rings is 1. The number of aldehydes is 1. The predicted octanol–water partition coefficient (Wildman–Crippen LogP) is 7.10. The SMILES string of the molecule is CC(C)(C)C=O.CNc1ccc(C2=NC(Cc3ccccc3-c3ccccc3)C(=O)N(C)c3ccc(Cl)cc32)cn1. The van der Waals surface area contributed by atoms with E-state index in [0.717, 1.165) is 45.6 Å². The van der Waals surface area contributed by atoms with E-state index in [2.05, 4.69) is 34.6 Å². The maximum Gasteiger partial charge on any atom is 0.251 e. The van der Waals surface area contributed by atoms with Crippen LogP contribution in [0.5, 0.6) is 0 Å². The van der Waals surface area contributed by atoms with E-state index < -0.39 is 6.04 Å². The van der Waals surface area contributed by atoms with Crippen molar-refractivity contribution in [2.75, 3.05) is 24.3 Å². The predicted molar refractivity (Wildman–Crippen MR) is 169 cm³/mol. The molecule has 1 aliphatic heterocycles. The molecule has 0 saturated carbocycles. The first-order valence-electron chi connectivity index (χ1n) is 13.5. The topological polar surface area (TPSA) is 74.7 Å². The molecule has 7 heteroatoms. The highest BCUT2D eigenvalue weighted by atomic mass is 35.5. The van der Waals surface area contributed by atoms with Crippen LogP contribution in [0.3, 0.4) is 0 Å². The highest BCUT2D eigenvalue weighted by molar-refractivity contribution is 6.32. The Morgan fingerprint density at radius 1 is 0.927 bits per heavy atom. The normalized spacial score (nSPS) is 14.7. The molecule has 5 rings (SSSR count). The minimum Gasteiger partial charge on any atom is -0.373 e. The molecule has 0 radical (unpaired) electrons. The second-order valence-electron chi connectivity index (χ2n) is 10.9. The van der Waals surface area contributed by atoms with Crippen LogP contribution < -0.4 is 10.2 Å². The highest BCUT2D eigenvalue weighted by Crippen LogP contribution is 2.32. The Kier molecular flexibility index (Phi) is 9.35. The second-order valence-corrected chi connectivity index (χ2v) is 11.4. The average Bonchev–Trinajstić information content (AvgIpc) is 3.08. The van der Waals surface area contributed by atoms with Crippen LogP contribution in [-0.2, 0) is 16.0 Å². The van der Waals surface area contributed by atoms with Gasteiger partial charge in [-0.3, -0.25) is 9.79 Å². The van der Waals surface area contributed by atoms with Crippen molar-refractivity contribution < 1.29 is 9.59 Å². The molecule has 2 heterocycles. The molecule has 3 aromatic carbocycles. The fourth-order valence-corrected chi connectivity index (χ4v) is 4.64. The summed E-state index contributed by atoms with van der Waals surface area (Å²) in [6, 6.07) is 27.2. The summed E-state index contributed by atoms with van der Waals surface area (Å²) in [5.74, 6) is 0.696. The van der Waals surface area contributed by atoms with Gasteiger partial charge in [-0.2, -0.15) is 0 Å². The van der Waals surface area contributed by atoms with Crippen molar-refractivity contribution in [2.45, 2.75) is 33.2 Å². The first-order chi connectivity index (χ1) is 19.6. The number of fused-ring (bicyclic) bond motifs is 1. The van der Waals surface area contributed by atoms with E-state index in [0.29, 0.717) is 17.2 Å². The monoisotopic (exact) mass is 566 g/mol. The number of hydrogen-bond acceptors (Lipinski definition) is 5. The number of likely N-dealkylation sites (N-methyl/N-ethyl adjacent to an activating group) is 1. The molecule has 4 aromatic rings. The summed E-state index contributed by atoms with van der Waals surface area (Å²) >= 11 is 6.39. The summed E-state index contributed by atoms with van der Waals surface area (Å²) in [5, 5.41) is 3.63. The molecule has 1 N–H and O–H groups in total. The van der Waals surface area contributed by atoms with Gasteiger partial charge in [0.15, 0.2) is 0 Å². The third kappa shape index (κ3) is 7.27. The van der Waals surface area contributed by atoms with Crippen LogP contribution in [0.25, 0.3) is 11.1 Å². The van der Waals surface area contributed by atoms with Gasteiger partial charge in [0.1, 0.15) is 18.1 Å². The van der Waals surface area contributed by atoms with E-state index in [1.807, 2.05) is 82.4 Å². The van der Waals surface area contributed by atoms with Gasteiger partial charge in [0.25, 0.3) is 5.91 Å². The van der Waals surface area contributed by atoms with Gasteiger partial charge < -0.3 is 15.0 Å². The summed E-state index contributed by atoms with van der Waals surface area (Å²) in [4.78, 5) is 34.7. The quantitative estimate of drug-likeness (QED) is 0.261. The van der Waals surface area contributed by atoms with Gasteiger partial charge in [0.2, 0.25) is 0 Å². The zero-order valence-electron chi connectivity index (χ0n) is 24.1. The van der Waals surface area contributed by atoms with E-state index in [-0.39, 0.29) is 11.3 Å². The van der Waals surface area contributed by atoms with Crippen LogP contribution >= 0.6 is 11.6 Å². The summed E-state index contributed by atoms with van der Waals surface area (Å²) in [5.41, 5.74) is 6.27. The van der Waals surface area contributed by atoms with Gasteiger partial charge in [-0.1, -0.05) is 87.0 Å². The number of aliphatic imine (C=N–C) groups is 1. The summed E-state index contributed by atoms with van der Waals surface area (Å²) in [7, 11) is 3.63. The Bertz CT molecular complexity index is 1540. The number of rotatable bonds is 5. The van der Waals surface area contributed by atoms with Crippen LogP contribution in [0.4, 0.5) is 11.5 Å². The molecule has 41 heavy (non-hydrogen) atoms. The molecule has 0 spiro atoms. The van der Waals surface area contributed by atoms with Crippen LogP contribution in [-0.4, -0.2) is 43.0 Å². The molecule has 0 saturated heterocycles. The molecule has 0 fully saturated rings. The van der Waals surface area contributed by atoms with Crippen LogP contribution in [0.2, 0.25) is 5.02 Å². The Labute approximate surface area is 247 Å². The lowest BCUT2D eigenvalue weighted by Crippen LogP contribution is -2.36. The van der Waals surface area contributed by atoms with Gasteiger partial charge in [0, 0.05) is 48.3 Å². The first-order valence-corrected chi connectivity index (χ1v) is 13.9. The molecular weight excluding hydrogens is 532 g/mol. The number of pyridine rings is 1. The lowest BCUT2D eigenvalue weighted by molar-refractivity contribution is -0.119. The van der Waals surface area contributed by atoms with Gasteiger partial charge in [-0.15, -0.1) is 0 Å². The van der Waals surface area contributed by atoms with Crippen molar-refractivity contribution in [1.29, 1.82) is 0 Å². The summed E-state index contributed by atoms with van der Waals surface area (Å²) < 4.78 is 0. The second kappa shape index (κ2) is 12.9. The number of carbonyl (C=O) groups is 2. The van der Waals surface area contributed by atoms with Gasteiger partial charge in [0.05, 0.1) is 11.4 Å². The lowest BCUT2D eigenvalue weighted by Gasteiger charge is -2.21. The molecule has 0 bridgehead atoms. The lowest BCUT2D eigenvalue weighted by atomic mass is 9.95. The van der Waals surface area contributed by atoms with Crippen molar-refractivity contribution in [3.05, 3.63) is 113 Å². The minimum atomic E-state index is -0.602. The maximum atomic E-state index is 13.7. The Morgan fingerprint density at radius 3 is 2.24 bits per heavy atom. The Morgan fingerprint density at radius 2 is 1.61 bits per heavy atom. The van der Waals surface area contributed by atoms with E-state index in [1.165, 1.54) is 0 Å².